The molecule has 0 N–H and O–H groups in total. The molecule has 2 fully saturated rings. The van der Waals surface area contributed by atoms with Crippen molar-refractivity contribution in [1.29, 1.82) is 0 Å². The molecular formula is C20H25N5O3. The van der Waals surface area contributed by atoms with E-state index in [4.69, 9.17) is 4.42 Å². The Kier molecular flexibility index (Phi) is 5.55. The van der Waals surface area contributed by atoms with Gasteiger partial charge in [0.25, 0.3) is 11.8 Å². The van der Waals surface area contributed by atoms with Gasteiger partial charge in [-0.15, -0.1) is 0 Å². The number of carbonyl (C=O) groups is 2. The van der Waals surface area contributed by atoms with E-state index in [1.54, 1.807) is 29.4 Å². The van der Waals surface area contributed by atoms with Gasteiger partial charge in [0, 0.05) is 51.7 Å². The normalized spacial score (nSPS) is 18.1. The molecule has 0 saturated carbocycles. The summed E-state index contributed by atoms with van der Waals surface area (Å²) in [7, 11) is 0. The highest BCUT2D eigenvalue weighted by Gasteiger charge is 2.25. The molecule has 2 saturated heterocycles. The average molecular weight is 383 g/mol. The highest BCUT2D eigenvalue weighted by molar-refractivity contribution is 5.93. The Balaban J connectivity index is 1.34. The second kappa shape index (κ2) is 8.41. The molecule has 2 aliphatic heterocycles. The Morgan fingerprint density at radius 2 is 1.46 bits per heavy atom. The van der Waals surface area contributed by atoms with Crippen LogP contribution in [0.25, 0.3) is 0 Å². The molecule has 0 aromatic carbocycles. The number of anilines is 1. The van der Waals surface area contributed by atoms with Gasteiger partial charge in [-0.2, -0.15) is 0 Å². The number of hydrogen-bond acceptors (Lipinski definition) is 6. The van der Waals surface area contributed by atoms with Crippen molar-refractivity contribution in [3.8, 4) is 0 Å². The molecule has 2 aromatic heterocycles. The number of furan rings is 1. The lowest BCUT2D eigenvalue weighted by Gasteiger charge is -2.34. The first-order chi connectivity index (χ1) is 13.7. The standard InChI is InChI=1S/C20H25N5O3/c26-18(23-7-3-1-2-4-8-23)16-14-21-20(22-15-16)25-11-9-24(10-12-25)19(27)17-6-5-13-28-17/h5-6,13-15H,1-4,7-12H2. The predicted molar refractivity (Wildman–Crippen MR) is 103 cm³/mol. The monoisotopic (exact) mass is 383 g/mol. The molecule has 4 heterocycles. The van der Waals surface area contributed by atoms with Gasteiger partial charge in [-0.25, -0.2) is 9.97 Å². The Morgan fingerprint density at radius 3 is 2.07 bits per heavy atom. The summed E-state index contributed by atoms with van der Waals surface area (Å²) in [6.45, 7) is 4.07. The number of hydrogen-bond donors (Lipinski definition) is 0. The van der Waals surface area contributed by atoms with Crippen molar-refractivity contribution in [3.63, 3.8) is 0 Å². The third kappa shape index (κ3) is 4.00. The van der Waals surface area contributed by atoms with Crippen LogP contribution in [0.5, 0.6) is 0 Å². The minimum atomic E-state index is -0.0936. The highest BCUT2D eigenvalue weighted by atomic mass is 16.3. The van der Waals surface area contributed by atoms with Crippen LogP contribution in [-0.2, 0) is 0 Å². The lowest BCUT2D eigenvalue weighted by Crippen LogP contribution is -2.49. The molecule has 0 atom stereocenters. The van der Waals surface area contributed by atoms with Gasteiger partial charge in [-0.05, 0) is 25.0 Å². The lowest BCUT2D eigenvalue weighted by molar-refractivity contribution is 0.0712. The SMILES string of the molecule is O=C(c1cnc(N2CCN(C(=O)c3ccco3)CC2)nc1)N1CCCCCC1. The van der Waals surface area contributed by atoms with Crippen molar-refractivity contribution in [2.45, 2.75) is 25.7 Å². The molecule has 2 amide bonds. The summed E-state index contributed by atoms with van der Waals surface area (Å²) in [5.41, 5.74) is 0.539. The Bertz CT molecular complexity index is 790. The minimum absolute atomic E-state index is 0.0160. The molecule has 0 bridgehead atoms. The van der Waals surface area contributed by atoms with Crippen molar-refractivity contribution >= 4 is 17.8 Å². The second-order valence-corrected chi connectivity index (χ2v) is 7.23. The third-order valence-corrected chi connectivity index (χ3v) is 5.36. The molecular weight excluding hydrogens is 358 g/mol. The van der Waals surface area contributed by atoms with Crippen molar-refractivity contribution in [3.05, 3.63) is 42.1 Å². The fourth-order valence-corrected chi connectivity index (χ4v) is 3.72. The Morgan fingerprint density at radius 1 is 0.821 bits per heavy atom. The van der Waals surface area contributed by atoms with Gasteiger partial charge in [0.1, 0.15) is 0 Å². The van der Waals surface area contributed by atoms with Crippen molar-refractivity contribution in [2.75, 3.05) is 44.2 Å². The summed E-state index contributed by atoms with van der Waals surface area (Å²) in [4.78, 5) is 39.5. The molecule has 2 aliphatic rings. The smallest absolute Gasteiger partial charge is 0.289 e. The van der Waals surface area contributed by atoms with Gasteiger partial charge in [0.05, 0.1) is 11.8 Å². The van der Waals surface area contributed by atoms with Crippen LogP contribution in [0.15, 0.2) is 35.2 Å². The fraction of sp³-hybridized carbons (Fsp3) is 0.500. The number of piperazine rings is 1. The summed E-state index contributed by atoms with van der Waals surface area (Å²) in [5, 5.41) is 0. The van der Waals surface area contributed by atoms with Gasteiger partial charge in [0.2, 0.25) is 5.95 Å². The zero-order chi connectivity index (χ0) is 19.3. The first-order valence-corrected chi connectivity index (χ1v) is 9.91. The van der Waals surface area contributed by atoms with Gasteiger partial charge in [0.15, 0.2) is 5.76 Å². The third-order valence-electron chi connectivity index (χ3n) is 5.36. The van der Waals surface area contributed by atoms with Crippen molar-refractivity contribution in [1.82, 2.24) is 19.8 Å². The Labute approximate surface area is 164 Å². The molecule has 148 valence electrons. The minimum Gasteiger partial charge on any atom is -0.459 e. The van der Waals surface area contributed by atoms with E-state index in [0.717, 1.165) is 25.9 Å². The van der Waals surface area contributed by atoms with E-state index < -0.39 is 0 Å². The quantitative estimate of drug-likeness (QED) is 0.807. The predicted octanol–water partition coefficient (Wildman–Crippen LogP) is 2.05. The van der Waals surface area contributed by atoms with Crippen LogP contribution < -0.4 is 4.90 Å². The van der Waals surface area contributed by atoms with Gasteiger partial charge >= 0.3 is 0 Å². The van der Waals surface area contributed by atoms with Crippen LogP contribution in [0.3, 0.4) is 0 Å². The molecule has 0 spiro atoms. The van der Waals surface area contributed by atoms with Crippen LogP contribution in [-0.4, -0.2) is 70.9 Å². The lowest BCUT2D eigenvalue weighted by atomic mass is 10.2. The molecule has 2 aromatic rings. The molecule has 0 unspecified atom stereocenters. The van der Waals surface area contributed by atoms with Crippen LogP contribution in [0.2, 0.25) is 0 Å². The van der Waals surface area contributed by atoms with Crippen LogP contribution in [0.4, 0.5) is 5.95 Å². The molecule has 8 heteroatoms. The van der Waals surface area contributed by atoms with E-state index in [1.165, 1.54) is 19.1 Å². The van der Waals surface area contributed by atoms with E-state index in [-0.39, 0.29) is 11.8 Å². The van der Waals surface area contributed by atoms with Crippen LogP contribution in [0.1, 0.15) is 46.6 Å². The van der Waals surface area contributed by atoms with Crippen LogP contribution >= 0.6 is 0 Å². The first kappa shape index (κ1) is 18.5. The summed E-state index contributed by atoms with van der Waals surface area (Å²) in [5.74, 6) is 0.880. The van der Waals surface area contributed by atoms with Gasteiger partial charge < -0.3 is 19.1 Å². The zero-order valence-electron chi connectivity index (χ0n) is 15.9. The highest BCUT2D eigenvalue weighted by Crippen LogP contribution is 2.16. The van der Waals surface area contributed by atoms with E-state index in [0.29, 0.717) is 43.5 Å². The average Bonchev–Trinajstić information content (AvgIpc) is 3.15. The molecule has 8 nitrogen and oxygen atoms in total. The molecule has 28 heavy (non-hydrogen) atoms. The maximum Gasteiger partial charge on any atom is 0.289 e. The summed E-state index contributed by atoms with van der Waals surface area (Å²) >= 11 is 0. The summed E-state index contributed by atoms with van der Waals surface area (Å²) in [6.07, 6.45) is 9.25. The molecule has 4 rings (SSSR count). The van der Waals surface area contributed by atoms with Crippen molar-refractivity contribution in [2.24, 2.45) is 0 Å². The fourth-order valence-electron chi connectivity index (χ4n) is 3.72. The number of likely N-dealkylation sites (tertiary alicyclic amines) is 1. The summed E-state index contributed by atoms with van der Waals surface area (Å²) in [6, 6.07) is 3.39. The van der Waals surface area contributed by atoms with Crippen molar-refractivity contribution < 1.29 is 14.0 Å². The topological polar surface area (TPSA) is 82.8 Å². The van der Waals surface area contributed by atoms with E-state index >= 15 is 0 Å². The number of rotatable bonds is 3. The van der Waals surface area contributed by atoms with Gasteiger partial charge in [-0.3, -0.25) is 9.59 Å². The maximum atomic E-state index is 12.6. The van der Waals surface area contributed by atoms with E-state index in [9.17, 15) is 9.59 Å². The summed E-state index contributed by atoms with van der Waals surface area (Å²) < 4.78 is 5.19. The zero-order valence-corrected chi connectivity index (χ0v) is 15.9. The maximum absolute atomic E-state index is 12.6. The largest absolute Gasteiger partial charge is 0.459 e. The van der Waals surface area contributed by atoms with Crippen LogP contribution in [0, 0.1) is 0 Å². The number of carbonyl (C=O) groups excluding carboxylic acids is 2. The second-order valence-electron chi connectivity index (χ2n) is 7.23. The van der Waals surface area contributed by atoms with E-state index in [1.807, 2.05) is 9.80 Å². The Hall–Kier alpha value is -2.90. The first-order valence-electron chi connectivity index (χ1n) is 9.91. The molecule has 0 radical (unpaired) electrons. The number of nitrogens with zero attached hydrogens (tertiary/aromatic N) is 5. The molecule has 0 aliphatic carbocycles. The number of aromatic nitrogens is 2. The van der Waals surface area contributed by atoms with E-state index in [2.05, 4.69) is 9.97 Å². The number of amides is 2. The van der Waals surface area contributed by atoms with Gasteiger partial charge in [-0.1, -0.05) is 12.8 Å².